The van der Waals surface area contributed by atoms with Crippen molar-refractivity contribution >= 4 is 52.2 Å². The number of pyridine rings is 1. The first-order valence-electron chi connectivity index (χ1n) is 6.62. The zero-order valence-corrected chi connectivity index (χ0v) is 14.7. The summed E-state index contributed by atoms with van der Waals surface area (Å²) in [7, 11) is 0. The Kier molecular flexibility index (Phi) is 4.69. The Morgan fingerprint density at radius 1 is 0.652 bits per heavy atom. The first kappa shape index (κ1) is 16.4. The Bertz CT molecular complexity index is 853. The lowest BCUT2D eigenvalue weighted by Crippen LogP contribution is -1.95. The minimum absolute atomic E-state index is 0.396. The number of nitrogen functional groups attached to an aromatic ring is 1. The van der Waals surface area contributed by atoms with E-state index in [9.17, 15) is 0 Å². The fourth-order valence-corrected chi connectivity index (χ4v) is 3.38. The van der Waals surface area contributed by atoms with Gasteiger partial charge in [0.2, 0.25) is 0 Å². The van der Waals surface area contributed by atoms with Gasteiger partial charge in [0.15, 0.2) is 0 Å². The van der Waals surface area contributed by atoms with Gasteiger partial charge in [-0.25, -0.2) is 4.98 Å². The Labute approximate surface area is 153 Å². The number of nitrogens with two attached hydrogens (primary N) is 1. The maximum Gasteiger partial charge on any atom is 0.124 e. The van der Waals surface area contributed by atoms with Crippen LogP contribution in [0.1, 0.15) is 0 Å². The van der Waals surface area contributed by atoms with Crippen LogP contribution >= 0.6 is 46.4 Å². The van der Waals surface area contributed by atoms with Crippen molar-refractivity contribution in [1.29, 1.82) is 0 Å². The summed E-state index contributed by atoms with van der Waals surface area (Å²) in [5.74, 6) is 0.396. The molecule has 0 aliphatic rings. The van der Waals surface area contributed by atoms with Gasteiger partial charge in [-0.15, -0.1) is 0 Å². The summed E-state index contributed by atoms with van der Waals surface area (Å²) in [4.78, 5) is 4.44. The van der Waals surface area contributed by atoms with E-state index in [1.165, 1.54) is 0 Å². The molecule has 2 aromatic carbocycles. The number of hydrogen-bond acceptors (Lipinski definition) is 2. The molecule has 1 heterocycles. The van der Waals surface area contributed by atoms with Crippen molar-refractivity contribution in [2.24, 2.45) is 0 Å². The molecule has 0 unspecified atom stereocenters. The number of hydrogen-bond donors (Lipinski definition) is 1. The molecule has 2 nitrogen and oxygen atoms in total. The van der Waals surface area contributed by atoms with Gasteiger partial charge in [-0.1, -0.05) is 46.4 Å². The van der Waals surface area contributed by atoms with Crippen LogP contribution in [-0.2, 0) is 0 Å². The highest BCUT2D eigenvalue weighted by molar-refractivity contribution is 6.35. The third kappa shape index (κ3) is 3.73. The summed E-state index contributed by atoms with van der Waals surface area (Å²) >= 11 is 24.4. The Balaban J connectivity index is 2.26. The maximum absolute atomic E-state index is 6.11. The predicted octanol–water partition coefficient (Wildman–Crippen LogP) is 6.61. The van der Waals surface area contributed by atoms with Crippen LogP contribution in [0, 0.1) is 0 Å². The molecule has 0 atom stereocenters. The van der Waals surface area contributed by atoms with Crippen LogP contribution in [0.25, 0.3) is 22.4 Å². The Hall–Kier alpha value is -1.45. The van der Waals surface area contributed by atoms with Gasteiger partial charge in [-0.3, -0.25) is 0 Å². The standard InChI is InChI=1S/C17H10Cl4N2/c18-11-3-9(4-12(19)7-11)15-1-2-16(22)23-17(15)10-5-13(20)8-14(21)6-10/h1-8H,(H2,22,23). The maximum atomic E-state index is 6.11. The van der Waals surface area contributed by atoms with Crippen LogP contribution in [0.15, 0.2) is 48.5 Å². The molecule has 23 heavy (non-hydrogen) atoms. The molecule has 0 saturated carbocycles. The molecule has 0 spiro atoms. The molecule has 6 heteroatoms. The van der Waals surface area contributed by atoms with Crippen molar-refractivity contribution in [2.45, 2.75) is 0 Å². The molecular formula is C17H10Cl4N2. The van der Waals surface area contributed by atoms with Crippen LogP contribution in [0.5, 0.6) is 0 Å². The number of aromatic nitrogens is 1. The van der Waals surface area contributed by atoms with E-state index in [-0.39, 0.29) is 0 Å². The fourth-order valence-electron chi connectivity index (χ4n) is 2.33. The van der Waals surface area contributed by atoms with Crippen LogP contribution < -0.4 is 5.73 Å². The van der Waals surface area contributed by atoms with Gasteiger partial charge >= 0.3 is 0 Å². The summed E-state index contributed by atoms with van der Waals surface area (Å²) in [6, 6.07) is 14.1. The number of rotatable bonds is 2. The second kappa shape index (κ2) is 6.58. The minimum atomic E-state index is 0.396. The predicted molar refractivity (Wildman–Crippen MR) is 99.6 cm³/mol. The first-order chi connectivity index (χ1) is 10.9. The average molecular weight is 384 g/mol. The van der Waals surface area contributed by atoms with Gasteiger partial charge in [-0.2, -0.15) is 0 Å². The molecule has 2 N–H and O–H groups in total. The van der Waals surface area contributed by atoms with Crippen molar-refractivity contribution in [2.75, 3.05) is 5.73 Å². The van der Waals surface area contributed by atoms with Crippen molar-refractivity contribution in [3.05, 3.63) is 68.6 Å². The molecular weight excluding hydrogens is 374 g/mol. The highest BCUT2D eigenvalue weighted by Gasteiger charge is 2.12. The zero-order valence-electron chi connectivity index (χ0n) is 11.7. The molecule has 1 aromatic heterocycles. The van der Waals surface area contributed by atoms with E-state index in [4.69, 9.17) is 52.1 Å². The second-order valence-electron chi connectivity index (χ2n) is 4.95. The quantitative estimate of drug-likeness (QED) is 0.540. The van der Waals surface area contributed by atoms with E-state index in [2.05, 4.69) is 4.98 Å². The van der Waals surface area contributed by atoms with Gasteiger partial charge in [0.25, 0.3) is 0 Å². The van der Waals surface area contributed by atoms with E-state index < -0.39 is 0 Å². The molecule has 3 rings (SSSR count). The van der Waals surface area contributed by atoms with Crippen molar-refractivity contribution in [1.82, 2.24) is 4.98 Å². The van der Waals surface area contributed by atoms with Gasteiger partial charge in [0.1, 0.15) is 5.82 Å². The molecule has 0 saturated heterocycles. The van der Waals surface area contributed by atoms with Crippen LogP contribution in [0.3, 0.4) is 0 Å². The summed E-state index contributed by atoms with van der Waals surface area (Å²) in [6.45, 7) is 0. The highest BCUT2D eigenvalue weighted by atomic mass is 35.5. The summed E-state index contributed by atoms with van der Waals surface area (Å²) in [6.07, 6.45) is 0. The SMILES string of the molecule is Nc1ccc(-c2cc(Cl)cc(Cl)c2)c(-c2cc(Cl)cc(Cl)c2)n1. The minimum Gasteiger partial charge on any atom is -0.384 e. The number of benzene rings is 2. The highest BCUT2D eigenvalue weighted by Crippen LogP contribution is 2.36. The van der Waals surface area contributed by atoms with Crippen LogP contribution in [0.2, 0.25) is 20.1 Å². The smallest absolute Gasteiger partial charge is 0.124 e. The third-order valence-electron chi connectivity index (χ3n) is 3.23. The van der Waals surface area contributed by atoms with E-state index in [1.807, 2.05) is 18.2 Å². The topological polar surface area (TPSA) is 38.9 Å². The Morgan fingerprint density at radius 2 is 1.13 bits per heavy atom. The largest absolute Gasteiger partial charge is 0.384 e. The summed E-state index contributed by atoms with van der Waals surface area (Å²) in [5.41, 5.74) is 8.94. The Morgan fingerprint density at radius 3 is 1.65 bits per heavy atom. The summed E-state index contributed by atoms with van der Waals surface area (Å²) in [5, 5.41) is 2.12. The van der Waals surface area contributed by atoms with Gasteiger partial charge in [0.05, 0.1) is 5.69 Å². The molecule has 0 radical (unpaired) electrons. The van der Waals surface area contributed by atoms with Crippen molar-refractivity contribution < 1.29 is 0 Å². The van der Waals surface area contributed by atoms with E-state index in [0.717, 1.165) is 16.7 Å². The van der Waals surface area contributed by atoms with Crippen molar-refractivity contribution in [3.63, 3.8) is 0 Å². The van der Waals surface area contributed by atoms with Gasteiger partial charge in [-0.05, 0) is 54.1 Å². The zero-order chi connectivity index (χ0) is 16.6. The van der Waals surface area contributed by atoms with Crippen LogP contribution in [0.4, 0.5) is 5.82 Å². The second-order valence-corrected chi connectivity index (χ2v) is 6.69. The van der Waals surface area contributed by atoms with Crippen LogP contribution in [-0.4, -0.2) is 4.98 Å². The van der Waals surface area contributed by atoms with E-state index in [1.54, 1.807) is 30.3 Å². The third-order valence-corrected chi connectivity index (χ3v) is 4.10. The number of anilines is 1. The lowest BCUT2D eigenvalue weighted by atomic mass is 9.99. The van der Waals surface area contributed by atoms with Crippen molar-refractivity contribution in [3.8, 4) is 22.4 Å². The normalized spacial score (nSPS) is 10.8. The molecule has 0 bridgehead atoms. The molecule has 0 aliphatic heterocycles. The van der Waals surface area contributed by atoms with Gasteiger partial charge in [0, 0.05) is 31.2 Å². The fraction of sp³-hybridized carbons (Fsp3) is 0. The summed E-state index contributed by atoms with van der Waals surface area (Å²) < 4.78 is 0. The van der Waals surface area contributed by atoms with E-state index in [0.29, 0.717) is 31.6 Å². The lowest BCUT2D eigenvalue weighted by Gasteiger charge is -2.12. The molecule has 0 amide bonds. The van der Waals surface area contributed by atoms with Gasteiger partial charge < -0.3 is 5.73 Å². The monoisotopic (exact) mass is 382 g/mol. The molecule has 116 valence electrons. The average Bonchev–Trinajstić information content (AvgIpc) is 2.45. The number of halogens is 4. The molecule has 0 fully saturated rings. The number of nitrogens with zero attached hydrogens (tertiary/aromatic N) is 1. The molecule has 0 aliphatic carbocycles. The first-order valence-corrected chi connectivity index (χ1v) is 8.13. The van der Waals surface area contributed by atoms with E-state index >= 15 is 0 Å². The molecule has 3 aromatic rings. The lowest BCUT2D eigenvalue weighted by molar-refractivity contribution is 1.33.